The number of hydrogen-bond donors (Lipinski definition) is 0. The molecule has 1 rings (SSSR count). The number of hydrogen-bond acceptors (Lipinski definition) is 3. The summed E-state index contributed by atoms with van der Waals surface area (Å²) in [4.78, 5) is 12.3. The zero-order valence-electron chi connectivity index (χ0n) is 8.04. The zero-order chi connectivity index (χ0) is 10.6. The van der Waals surface area contributed by atoms with Crippen molar-refractivity contribution >= 4 is 33.7 Å². The van der Waals surface area contributed by atoms with Crippen molar-refractivity contribution in [2.75, 3.05) is 12.9 Å². The fourth-order valence-electron chi connectivity index (χ4n) is 1.01. The largest absolute Gasteiger partial charge is 0.465 e. The van der Waals surface area contributed by atoms with E-state index in [4.69, 9.17) is 0 Å². The number of carbonyl (C=O) groups is 1. The van der Waals surface area contributed by atoms with E-state index in [2.05, 4.69) is 27.6 Å². The predicted molar refractivity (Wildman–Crippen MR) is 61.9 cm³/mol. The molecule has 2 nitrogen and oxygen atoms in total. The Morgan fingerprint density at radius 1 is 1.57 bits per heavy atom. The Morgan fingerprint density at radius 2 is 2.29 bits per heavy atom. The van der Waals surface area contributed by atoms with Crippen LogP contribution in [0.1, 0.15) is 17.3 Å². The summed E-state index contributed by atoms with van der Waals surface area (Å²) in [5.41, 5.74) is 0.589. The smallest absolute Gasteiger partial charge is 0.337 e. The third-order valence-electron chi connectivity index (χ3n) is 1.65. The van der Waals surface area contributed by atoms with Gasteiger partial charge in [0, 0.05) is 9.37 Å². The molecule has 0 heterocycles. The number of methoxy groups -OCH3 is 1. The second-order valence-electron chi connectivity index (χ2n) is 2.57. The topological polar surface area (TPSA) is 26.3 Å². The lowest BCUT2D eigenvalue weighted by atomic mass is 10.2. The number of esters is 1. The summed E-state index contributed by atoms with van der Waals surface area (Å²) in [5, 5.41) is 0. The average molecular weight is 275 g/mol. The first-order valence-electron chi connectivity index (χ1n) is 4.19. The molecule has 0 unspecified atom stereocenters. The van der Waals surface area contributed by atoms with Crippen LogP contribution >= 0.6 is 27.7 Å². The molecule has 0 amide bonds. The Labute approximate surface area is 96.2 Å². The summed E-state index contributed by atoms with van der Waals surface area (Å²) < 4.78 is 5.66. The average Bonchev–Trinajstić information content (AvgIpc) is 2.20. The summed E-state index contributed by atoms with van der Waals surface area (Å²) in [6.07, 6.45) is 0. The number of halogens is 1. The van der Waals surface area contributed by atoms with Crippen molar-refractivity contribution in [1.82, 2.24) is 0 Å². The van der Waals surface area contributed by atoms with Crippen LogP contribution in [0.25, 0.3) is 0 Å². The van der Waals surface area contributed by atoms with Crippen LogP contribution in [0, 0.1) is 0 Å². The molecule has 0 bridgehead atoms. The summed E-state index contributed by atoms with van der Waals surface area (Å²) >= 11 is 5.12. The van der Waals surface area contributed by atoms with Crippen molar-refractivity contribution in [1.29, 1.82) is 0 Å². The van der Waals surface area contributed by atoms with Gasteiger partial charge in [-0.3, -0.25) is 0 Å². The first-order chi connectivity index (χ1) is 6.69. The highest BCUT2D eigenvalue weighted by Crippen LogP contribution is 2.28. The second kappa shape index (κ2) is 5.41. The lowest BCUT2D eigenvalue weighted by Gasteiger charge is -2.04. The van der Waals surface area contributed by atoms with Crippen LogP contribution in [-0.4, -0.2) is 18.8 Å². The van der Waals surface area contributed by atoms with E-state index < -0.39 is 0 Å². The molecule has 0 radical (unpaired) electrons. The highest BCUT2D eigenvalue weighted by atomic mass is 79.9. The Morgan fingerprint density at radius 3 is 2.86 bits per heavy atom. The van der Waals surface area contributed by atoms with E-state index >= 15 is 0 Å². The summed E-state index contributed by atoms with van der Waals surface area (Å²) in [5.74, 6) is 0.680. The van der Waals surface area contributed by atoms with E-state index in [0.717, 1.165) is 15.1 Å². The fraction of sp³-hybridized carbons (Fsp3) is 0.300. The minimum Gasteiger partial charge on any atom is -0.465 e. The highest BCUT2D eigenvalue weighted by Gasteiger charge is 2.08. The predicted octanol–water partition coefficient (Wildman–Crippen LogP) is 3.35. The molecule has 1 aromatic carbocycles. The van der Waals surface area contributed by atoms with Crippen LogP contribution in [0.2, 0.25) is 0 Å². The number of benzene rings is 1. The number of thioether (sulfide) groups is 1. The molecule has 0 saturated heterocycles. The van der Waals surface area contributed by atoms with Gasteiger partial charge in [-0.1, -0.05) is 6.92 Å². The molecule has 0 saturated carbocycles. The first kappa shape index (κ1) is 11.6. The van der Waals surface area contributed by atoms with Gasteiger partial charge in [-0.15, -0.1) is 11.8 Å². The molecular weight excluding hydrogens is 264 g/mol. The molecule has 14 heavy (non-hydrogen) atoms. The van der Waals surface area contributed by atoms with Crippen molar-refractivity contribution < 1.29 is 9.53 Å². The lowest BCUT2D eigenvalue weighted by Crippen LogP contribution is -2.00. The van der Waals surface area contributed by atoms with Gasteiger partial charge in [0.2, 0.25) is 0 Å². The molecule has 0 spiro atoms. The Hall–Kier alpha value is -0.480. The van der Waals surface area contributed by atoms with Crippen molar-refractivity contribution in [3.63, 3.8) is 0 Å². The molecule has 0 aliphatic heterocycles. The standard InChI is InChI=1S/C10H11BrO2S/c1-3-14-9-6-7(10(12)13-2)4-5-8(9)11/h4-6H,3H2,1-2H3. The lowest BCUT2D eigenvalue weighted by molar-refractivity contribution is 0.0600. The Balaban J connectivity index is 2.99. The van der Waals surface area contributed by atoms with Crippen LogP contribution in [-0.2, 0) is 4.74 Å². The van der Waals surface area contributed by atoms with Gasteiger partial charge < -0.3 is 4.74 Å². The summed E-state index contributed by atoms with van der Waals surface area (Å²) in [6.45, 7) is 2.07. The van der Waals surface area contributed by atoms with Crippen molar-refractivity contribution in [2.24, 2.45) is 0 Å². The molecule has 0 aliphatic carbocycles. The van der Waals surface area contributed by atoms with Crippen molar-refractivity contribution in [3.8, 4) is 0 Å². The SMILES string of the molecule is CCSc1cc(C(=O)OC)ccc1Br. The molecule has 1 aromatic rings. The Bertz CT molecular complexity index is 339. The van der Waals surface area contributed by atoms with Gasteiger partial charge in [0.1, 0.15) is 0 Å². The van der Waals surface area contributed by atoms with Crippen molar-refractivity contribution in [2.45, 2.75) is 11.8 Å². The maximum absolute atomic E-state index is 11.2. The van der Waals surface area contributed by atoms with Gasteiger partial charge in [0.15, 0.2) is 0 Å². The fourth-order valence-corrected chi connectivity index (χ4v) is 2.33. The van der Waals surface area contributed by atoms with Gasteiger partial charge in [-0.05, 0) is 39.9 Å². The normalized spacial score (nSPS) is 9.93. The molecule has 0 atom stereocenters. The molecule has 76 valence electrons. The van der Waals surface area contributed by atoms with Gasteiger partial charge in [-0.25, -0.2) is 4.79 Å². The minimum absolute atomic E-state index is 0.296. The third-order valence-corrected chi connectivity index (χ3v) is 3.54. The molecular formula is C10H11BrO2S. The zero-order valence-corrected chi connectivity index (χ0v) is 10.4. The van der Waals surface area contributed by atoms with Crippen LogP contribution < -0.4 is 0 Å². The minimum atomic E-state index is -0.296. The van der Waals surface area contributed by atoms with Gasteiger partial charge in [0.25, 0.3) is 0 Å². The number of ether oxygens (including phenoxy) is 1. The molecule has 0 fully saturated rings. The second-order valence-corrected chi connectivity index (χ2v) is 4.73. The van der Waals surface area contributed by atoms with Crippen LogP contribution in [0.15, 0.2) is 27.6 Å². The van der Waals surface area contributed by atoms with Crippen LogP contribution in [0.5, 0.6) is 0 Å². The number of carbonyl (C=O) groups excluding carboxylic acids is 1. The Kier molecular flexibility index (Phi) is 4.48. The number of rotatable bonds is 3. The summed E-state index contributed by atoms with van der Waals surface area (Å²) in [7, 11) is 1.39. The van der Waals surface area contributed by atoms with Crippen molar-refractivity contribution in [3.05, 3.63) is 28.2 Å². The van der Waals surface area contributed by atoms with E-state index in [1.165, 1.54) is 7.11 Å². The van der Waals surface area contributed by atoms with Crippen LogP contribution in [0.4, 0.5) is 0 Å². The van der Waals surface area contributed by atoms with Gasteiger partial charge in [0.05, 0.1) is 12.7 Å². The molecule has 0 aromatic heterocycles. The first-order valence-corrected chi connectivity index (χ1v) is 5.97. The quantitative estimate of drug-likeness (QED) is 0.625. The molecule has 0 aliphatic rings. The maximum atomic E-state index is 11.2. The molecule has 4 heteroatoms. The van der Waals surface area contributed by atoms with E-state index in [9.17, 15) is 4.79 Å². The van der Waals surface area contributed by atoms with E-state index in [1.807, 2.05) is 12.1 Å². The van der Waals surface area contributed by atoms with E-state index in [1.54, 1.807) is 17.8 Å². The summed E-state index contributed by atoms with van der Waals surface area (Å²) in [6, 6.07) is 5.45. The maximum Gasteiger partial charge on any atom is 0.337 e. The van der Waals surface area contributed by atoms with E-state index in [0.29, 0.717) is 5.56 Å². The third kappa shape index (κ3) is 2.75. The molecule has 0 N–H and O–H groups in total. The van der Waals surface area contributed by atoms with E-state index in [-0.39, 0.29) is 5.97 Å². The van der Waals surface area contributed by atoms with Crippen LogP contribution in [0.3, 0.4) is 0 Å². The monoisotopic (exact) mass is 274 g/mol. The van der Waals surface area contributed by atoms with Gasteiger partial charge >= 0.3 is 5.97 Å². The van der Waals surface area contributed by atoms with Gasteiger partial charge in [-0.2, -0.15) is 0 Å². The highest BCUT2D eigenvalue weighted by molar-refractivity contribution is 9.10.